The molecule has 2 rings (SSSR count). The maximum Gasteiger partial charge on any atom is 0.0922 e. The van der Waals surface area contributed by atoms with Crippen molar-refractivity contribution in [2.24, 2.45) is 7.05 Å². The Morgan fingerprint density at radius 2 is 2.18 bits per heavy atom. The van der Waals surface area contributed by atoms with E-state index in [4.69, 9.17) is 6.42 Å². The largest absolute Gasteiger partial charge is 0.334 e. The average molecular weight is 227 g/mol. The van der Waals surface area contributed by atoms with E-state index in [1.165, 1.54) is 11.3 Å². The summed E-state index contributed by atoms with van der Waals surface area (Å²) in [4.78, 5) is 0. The summed E-state index contributed by atoms with van der Waals surface area (Å²) < 4.78 is 3.99. The van der Waals surface area contributed by atoms with Crippen molar-refractivity contribution in [3.05, 3.63) is 41.5 Å². The average Bonchev–Trinajstić information content (AvgIpc) is 2.85. The van der Waals surface area contributed by atoms with Crippen LogP contribution in [-0.4, -0.2) is 14.3 Å². The summed E-state index contributed by atoms with van der Waals surface area (Å²) in [6.45, 7) is 5.14. The van der Waals surface area contributed by atoms with Gasteiger partial charge >= 0.3 is 0 Å². The normalized spacial score (nSPS) is 10.8. The molecular weight excluding hydrogens is 210 g/mol. The number of hydrogen-bond acceptors (Lipinski definition) is 1. The summed E-state index contributed by atoms with van der Waals surface area (Å²) in [5, 5.41) is 4.18. The Morgan fingerprint density at radius 1 is 1.41 bits per heavy atom. The van der Waals surface area contributed by atoms with Gasteiger partial charge in [0.05, 0.1) is 18.4 Å². The van der Waals surface area contributed by atoms with Crippen LogP contribution in [0.5, 0.6) is 0 Å². The second kappa shape index (κ2) is 4.50. The number of terminal acetylenes is 1. The molecule has 0 aliphatic heterocycles. The maximum atomic E-state index is 5.53. The number of aromatic nitrogens is 3. The molecule has 0 bridgehead atoms. The Hall–Kier alpha value is -1.95. The highest BCUT2D eigenvalue weighted by molar-refractivity contribution is 5.32. The highest BCUT2D eigenvalue weighted by Gasteiger charge is 2.10. The quantitative estimate of drug-likeness (QED) is 0.738. The fourth-order valence-corrected chi connectivity index (χ4v) is 2.03. The van der Waals surface area contributed by atoms with E-state index in [1.54, 1.807) is 0 Å². The number of aryl methyl sites for hydroxylation is 1. The Labute approximate surface area is 102 Å². The van der Waals surface area contributed by atoms with Crippen molar-refractivity contribution >= 4 is 0 Å². The molecule has 0 amide bonds. The summed E-state index contributed by atoms with van der Waals surface area (Å²) in [5.74, 6) is 3.20. The lowest BCUT2D eigenvalue weighted by Gasteiger charge is -2.12. The highest BCUT2D eigenvalue weighted by Crippen LogP contribution is 2.19. The van der Waals surface area contributed by atoms with Gasteiger partial charge in [-0.05, 0) is 18.1 Å². The highest BCUT2D eigenvalue weighted by atomic mass is 15.2. The van der Waals surface area contributed by atoms with Crippen LogP contribution in [0.15, 0.2) is 24.5 Å². The molecule has 0 aliphatic rings. The summed E-state index contributed by atoms with van der Waals surface area (Å²) in [6, 6.07) is 4.11. The fraction of sp³-hybridized carbons (Fsp3) is 0.357. The minimum atomic E-state index is 0.466. The Balaban J connectivity index is 2.37. The van der Waals surface area contributed by atoms with Gasteiger partial charge in [-0.2, -0.15) is 5.10 Å². The molecule has 0 saturated heterocycles. The minimum absolute atomic E-state index is 0.466. The summed E-state index contributed by atoms with van der Waals surface area (Å²) >= 11 is 0. The lowest BCUT2D eigenvalue weighted by molar-refractivity contribution is 0.686. The van der Waals surface area contributed by atoms with Crippen molar-refractivity contribution in [2.75, 3.05) is 0 Å². The Bertz CT molecular complexity index is 552. The first-order chi connectivity index (χ1) is 8.11. The van der Waals surface area contributed by atoms with Gasteiger partial charge in [0, 0.05) is 24.5 Å². The van der Waals surface area contributed by atoms with E-state index in [0.717, 1.165) is 12.2 Å². The van der Waals surface area contributed by atoms with Gasteiger partial charge in [0.2, 0.25) is 0 Å². The van der Waals surface area contributed by atoms with Crippen LogP contribution in [0.3, 0.4) is 0 Å². The zero-order valence-corrected chi connectivity index (χ0v) is 10.5. The van der Waals surface area contributed by atoms with Gasteiger partial charge in [0.1, 0.15) is 0 Å². The van der Waals surface area contributed by atoms with Crippen LogP contribution in [-0.2, 0) is 13.6 Å². The molecule has 2 aromatic rings. The molecule has 17 heavy (non-hydrogen) atoms. The summed E-state index contributed by atoms with van der Waals surface area (Å²) in [7, 11) is 1.92. The molecule has 3 heteroatoms. The first-order valence-corrected chi connectivity index (χ1v) is 5.75. The van der Waals surface area contributed by atoms with E-state index in [0.29, 0.717) is 5.92 Å². The zero-order chi connectivity index (χ0) is 12.4. The molecule has 2 heterocycles. The molecule has 0 fully saturated rings. The molecule has 0 saturated carbocycles. The van der Waals surface area contributed by atoms with Gasteiger partial charge < -0.3 is 4.57 Å². The number of rotatable bonds is 3. The molecule has 0 atom stereocenters. The molecule has 2 aromatic heterocycles. The third-order valence-corrected chi connectivity index (χ3v) is 2.85. The molecule has 0 N–H and O–H groups in total. The van der Waals surface area contributed by atoms with Gasteiger partial charge in [0.25, 0.3) is 0 Å². The first-order valence-electron chi connectivity index (χ1n) is 5.75. The molecule has 0 radical (unpaired) electrons. The zero-order valence-electron chi connectivity index (χ0n) is 10.5. The monoisotopic (exact) mass is 227 g/mol. The molecular formula is C14H17N3. The van der Waals surface area contributed by atoms with Crippen molar-refractivity contribution in [1.29, 1.82) is 0 Å². The molecule has 0 unspecified atom stereocenters. The molecule has 88 valence electrons. The topological polar surface area (TPSA) is 22.8 Å². The van der Waals surface area contributed by atoms with Crippen molar-refractivity contribution in [3.63, 3.8) is 0 Å². The van der Waals surface area contributed by atoms with Crippen molar-refractivity contribution < 1.29 is 0 Å². The predicted molar refractivity (Wildman–Crippen MR) is 68.8 cm³/mol. The predicted octanol–water partition coefficient (Wildman–Crippen LogP) is 2.37. The van der Waals surface area contributed by atoms with Crippen LogP contribution in [0.1, 0.15) is 36.7 Å². The SMILES string of the molecule is C#Cc1ccc(C(C)C)n1Cc1cnn(C)c1. The van der Waals surface area contributed by atoms with E-state index in [-0.39, 0.29) is 0 Å². The maximum absolute atomic E-state index is 5.53. The van der Waals surface area contributed by atoms with Gasteiger partial charge in [-0.1, -0.05) is 19.8 Å². The van der Waals surface area contributed by atoms with Crippen LogP contribution in [0.4, 0.5) is 0 Å². The van der Waals surface area contributed by atoms with E-state index in [1.807, 2.05) is 30.2 Å². The summed E-state index contributed by atoms with van der Waals surface area (Å²) in [5.41, 5.74) is 3.36. The third kappa shape index (κ3) is 2.26. The third-order valence-electron chi connectivity index (χ3n) is 2.85. The van der Waals surface area contributed by atoms with Crippen molar-refractivity contribution in [1.82, 2.24) is 14.3 Å². The van der Waals surface area contributed by atoms with Gasteiger partial charge in [-0.15, -0.1) is 6.42 Å². The van der Waals surface area contributed by atoms with Crippen molar-refractivity contribution in [3.8, 4) is 12.3 Å². The van der Waals surface area contributed by atoms with Crippen LogP contribution in [0.2, 0.25) is 0 Å². The summed E-state index contributed by atoms with van der Waals surface area (Å²) in [6.07, 6.45) is 9.43. The first kappa shape index (κ1) is 11.5. The van der Waals surface area contributed by atoms with Crippen LogP contribution >= 0.6 is 0 Å². The molecule has 3 nitrogen and oxygen atoms in total. The number of nitrogens with zero attached hydrogens (tertiary/aromatic N) is 3. The van der Waals surface area contributed by atoms with Gasteiger partial charge in [0.15, 0.2) is 0 Å². The van der Waals surface area contributed by atoms with E-state index >= 15 is 0 Å². The second-order valence-corrected chi connectivity index (χ2v) is 4.55. The Morgan fingerprint density at radius 3 is 2.71 bits per heavy atom. The lowest BCUT2D eigenvalue weighted by Crippen LogP contribution is -2.07. The Kier molecular flexibility index (Phi) is 3.06. The minimum Gasteiger partial charge on any atom is -0.334 e. The van der Waals surface area contributed by atoms with Crippen molar-refractivity contribution in [2.45, 2.75) is 26.3 Å². The van der Waals surface area contributed by atoms with E-state index in [9.17, 15) is 0 Å². The van der Waals surface area contributed by atoms with Gasteiger partial charge in [-0.3, -0.25) is 4.68 Å². The van der Waals surface area contributed by atoms with Crippen LogP contribution in [0, 0.1) is 12.3 Å². The standard InChI is InChI=1S/C14H17N3/c1-5-13-6-7-14(11(2)3)17(13)10-12-8-15-16(4)9-12/h1,6-9,11H,10H2,2-4H3. The van der Waals surface area contributed by atoms with Crippen LogP contribution < -0.4 is 0 Å². The molecule has 0 spiro atoms. The van der Waals surface area contributed by atoms with Crippen LogP contribution in [0.25, 0.3) is 0 Å². The molecule has 0 aliphatic carbocycles. The second-order valence-electron chi connectivity index (χ2n) is 4.55. The lowest BCUT2D eigenvalue weighted by atomic mass is 10.1. The number of hydrogen-bond donors (Lipinski definition) is 0. The van der Waals surface area contributed by atoms with Gasteiger partial charge in [-0.25, -0.2) is 0 Å². The van der Waals surface area contributed by atoms with E-state index in [2.05, 4.69) is 35.5 Å². The fourth-order valence-electron chi connectivity index (χ4n) is 2.03. The van der Waals surface area contributed by atoms with E-state index < -0.39 is 0 Å². The smallest absolute Gasteiger partial charge is 0.0922 e. The molecule has 0 aromatic carbocycles.